The van der Waals surface area contributed by atoms with Gasteiger partial charge in [0.05, 0.1) is 6.42 Å². The number of carboxylic acids is 1. The Morgan fingerprint density at radius 3 is 2.75 bits per heavy atom. The third kappa shape index (κ3) is 4.40. The number of hydrogen-bond acceptors (Lipinski definition) is 3. The van der Waals surface area contributed by atoms with Crippen molar-refractivity contribution in [3.63, 3.8) is 0 Å². The van der Waals surface area contributed by atoms with Crippen LogP contribution in [-0.2, 0) is 17.8 Å². The number of carboxylic acid groups (broad SMARTS) is 1. The molecule has 0 aliphatic rings. The molecular weight excluding hydrogens is 276 g/mol. The van der Waals surface area contributed by atoms with E-state index >= 15 is 0 Å². The van der Waals surface area contributed by atoms with Crippen molar-refractivity contribution in [3.05, 3.63) is 52.2 Å². The minimum absolute atomic E-state index is 0.0634. The lowest BCUT2D eigenvalue weighted by molar-refractivity contribution is -0.136. The van der Waals surface area contributed by atoms with Gasteiger partial charge >= 0.3 is 12.0 Å². The lowest BCUT2D eigenvalue weighted by atomic mass is 10.1. The number of urea groups is 1. The average Bonchev–Trinajstić information content (AvgIpc) is 2.89. The zero-order valence-electron chi connectivity index (χ0n) is 10.6. The number of aliphatic carboxylic acids is 1. The monoisotopic (exact) mass is 290 g/mol. The average molecular weight is 290 g/mol. The van der Waals surface area contributed by atoms with Crippen LogP contribution in [0.1, 0.15) is 11.1 Å². The van der Waals surface area contributed by atoms with Crippen LogP contribution < -0.4 is 10.6 Å². The van der Waals surface area contributed by atoms with Crippen molar-refractivity contribution >= 4 is 29.0 Å². The standard InChI is InChI=1S/C14H14N2O3S/c17-13(18)7-10-2-1-3-12(6-10)16-14(19)15-8-11-4-5-20-9-11/h1-6,9H,7-8H2,(H,17,18)(H2,15,16,19). The van der Waals surface area contributed by atoms with Crippen molar-refractivity contribution in [1.82, 2.24) is 5.32 Å². The van der Waals surface area contributed by atoms with Crippen molar-refractivity contribution in [3.8, 4) is 0 Å². The first-order chi connectivity index (χ1) is 9.63. The molecule has 0 saturated heterocycles. The third-order valence-electron chi connectivity index (χ3n) is 2.57. The molecule has 0 unspecified atom stereocenters. The van der Waals surface area contributed by atoms with E-state index in [-0.39, 0.29) is 12.5 Å². The first-order valence-electron chi connectivity index (χ1n) is 6.00. The number of hydrogen-bond donors (Lipinski definition) is 3. The predicted octanol–water partition coefficient (Wildman–Crippen LogP) is 2.70. The van der Waals surface area contributed by atoms with E-state index in [1.165, 1.54) is 0 Å². The number of benzene rings is 1. The molecule has 2 rings (SSSR count). The molecule has 2 aromatic rings. The van der Waals surface area contributed by atoms with Gasteiger partial charge in [0.25, 0.3) is 0 Å². The molecule has 1 aromatic heterocycles. The van der Waals surface area contributed by atoms with E-state index in [1.54, 1.807) is 35.6 Å². The normalized spacial score (nSPS) is 10.0. The molecule has 0 aliphatic carbocycles. The summed E-state index contributed by atoms with van der Waals surface area (Å²) in [5.41, 5.74) is 2.27. The second-order valence-corrected chi connectivity index (χ2v) is 4.99. The topological polar surface area (TPSA) is 78.4 Å². The molecule has 1 heterocycles. The summed E-state index contributed by atoms with van der Waals surface area (Å²) in [5, 5.41) is 18.1. The molecule has 0 spiro atoms. The minimum atomic E-state index is -0.899. The van der Waals surface area contributed by atoms with Crippen molar-refractivity contribution in [2.75, 3.05) is 5.32 Å². The van der Waals surface area contributed by atoms with Crippen LogP contribution in [0.4, 0.5) is 10.5 Å². The summed E-state index contributed by atoms with van der Waals surface area (Å²) in [4.78, 5) is 22.3. The van der Waals surface area contributed by atoms with Crippen molar-refractivity contribution in [1.29, 1.82) is 0 Å². The predicted molar refractivity (Wildman–Crippen MR) is 78.0 cm³/mol. The lowest BCUT2D eigenvalue weighted by Gasteiger charge is -2.08. The molecule has 2 amide bonds. The highest BCUT2D eigenvalue weighted by Gasteiger charge is 2.04. The number of thiophene rings is 1. The fourth-order valence-corrected chi connectivity index (χ4v) is 2.35. The molecule has 6 heteroatoms. The van der Waals surface area contributed by atoms with Crippen LogP contribution in [0, 0.1) is 0 Å². The summed E-state index contributed by atoms with van der Waals surface area (Å²) in [6, 6.07) is 8.42. The van der Waals surface area contributed by atoms with Crippen molar-refractivity contribution in [2.45, 2.75) is 13.0 Å². The lowest BCUT2D eigenvalue weighted by Crippen LogP contribution is -2.28. The van der Waals surface area contributed by atoms with Crippen LogP contribution in [0.5, 0.6) is 0 Å². The van der Waals surface area contributed by atoms with Gasteiger partial charge < -0.3 is 15.7 Å². The van der Waals surface area contributed by atoms with E-state index < -0.39 is 5.97 Å². The van der Waals surface area contributed by atoms with Gasteiger partial charge in [-0.3, -0.25) is 4.79 Å². The van der Waals surface area contributed by atoms with Crippen LogP contribution in [0.15, 0.2) is 41.1 Å². The SMILES string of the molecule is O=C(O)Cc1cccc(NC(=O)NCc2ccsc2)c1. The van der Waals surface area contributed by atoms with E-state index in [0.717, 1.165) is 5.56 Å². The summed E-state index contributed by atoms with van der Waals surface area (Å²) < 4.78 is 0. The minimum Gasteiger partial charge on any atom is -0.481 e. The molecule has 0 fully saturated rings. The van der Waals surface area contributed by atoms with E-state index in [2.05, 4.69) is 10.6 Å². The first kappa shape index (κ1) is 14.1. The van der Waals surface area contributed by atoms with Crippen LogP contribution in [0.25, 0.3) is 0 Å². The highest BCUT2D eigenvalue weighted by Crippen LogP contribution is 2.11. The second-order valence-electron chi connectivity index (χ2n) is 4.21. The van der Waals surface area contributed by atoms with Crippen molar-refractivity contribution in [2.24, 2.45) is 0 Å². The zero-order chi connectivity index (χ0) is 14.4. The van der Waals surface area contributed by atoms with Crippen LogP contribution in [0.3, 0.4) is 0 Å². The first-order valence-corrected chi connectivity index (χ1v) is 6.94. The van der Waals surface area contributed by atoms with Gasteiger partial charge in [-0.15, -0.1) is 0 Å². The summed E-state index contributed by atoms with van der Waals surface area (Å²) in [6.07, 6.45) is -0.0634. The Balaban J connectivity index is 1.88. The quantitative estimate of drug-likeness (QED) is 0.792. The number of nitrogens with one attached hydrogen (secondary N) is 2. The Morgan fingerprint density at radius 2 is 2.05 bits per heavy atom. The van der Waals surface area contributed by atoms with Crippen LogP contribution in [0.2, 0.25) is 0 Å². The van der Waals surface area contributed by atoms with Gasteiger partial charge in [-0.25, -0.2) is 4.79 Å². The van der Waals surface area contributed by atoms with E-state index in [9.17, 15) is 9.59 Å². The number of carbonyl (C=O) groups is 2. The summed E-state index contributed by atoms with van der Waals surface area (Å²) in [7, 11) is 0. The molecule has 0 bridgehead atoms. The highest BCUT2D eigenvalue weighted by atomic mass is 32.1. The molecule has 1 aromatic carbocycles. The summed E-state index contributed by atoms with van der Waals surface area (Å²) in [6.45, 7) is 0.462. The number of carbonyl (C=O) groups excluding carboxylic acids is 1. The van der Waals surface area contributed by atoms with Gasteiger partial charge in [0.2, 0.25) is 0 Å². The molecule has 0 atom stereocenters. The molecule has 0 saturated carbocycles. The van der Waals surface area contributed by atoms with E-state index in [4.69, 9.17) is 5.11 Å². The molecule has 3 N–H and O–H groups in total. The maximum atomic E-state index is 11.7. The molecule has 0 aliphatic heterocycles. The number of amides is 2. The molecule has 20 heavy (non-hydrogen) atoms. The summed E-state index contributed by atoms with van der Waals surface area (Å²) >= 11 is 1.58. The molecule has 104 valence electrons. The Morgan fingerprint density at radius 1 is 1.20 bits per heavy atom. The molecule has 0 radical (unpaired) electrons. The van der Waals surface area contributed by atoms with Crippen molar-refractivity contribution < 1.29 is 14.7 Å². The van der Waals surface area contributed by atoms with Crippen LogP contribution in [-0.4, -0.2) is 17.1 Å². The van der Waals surface area contributed by atoms with E-state index in [1.807, 2.05) is 16.8 Å². The zero-order valence-corrected chi connectivity index (χ0v) is 11.4. The Bertz CT molecular complexity index is 596. The largest absolute Gasteiger partial charge is 0.481 e. The smallest absolute Gasteiger partial charge is 0.319 e. The Kier molecular flexibility index (Phi) is 4.73. The van der Waals surface area contributed by atoms with Gasteiger partial charge in [0.1, 0.15) is 0 Å². The summed E-state index contributed by atoms with van der Waals surface area (Å²) in [5.74, 6) is -0.899. The maximum Gasteiger partial charge on any atom is 0.319 e. The Labute approximate surface area is 120 Å². The molecule has 5 nitrogen and oxygen atoms in total. The van der Waals surface area contributed by atoms with Crippen LogP contribution >= 0.6 is 11.3 Å². The second kappa shape index (κ2) is 6.72. The Hall–Kier alpha value is -2.34. The maximum absolute atomic E-state index is 11.7. The molecular formula is C14H14N2O3S. The van der Waals surface area contributed by atoms with Gasteiger partial charge in [-0.05, 0) is 40.1 Å². The van der Waals surface area contributed by atoms with Gasteiger partial charge in [0.15, 0.2) is 0 Å². The third-order valence-corrected chi connectivity index (χ3v) is 3.31. The fraction of sp³-hybridized carbons (Fsp3) is 0.143. The van der Waals surface area contributed by atoms with E-state index in [0.29, 0.717) is 17.8 Å². The van der Waals surface area contributed by atoms with Gasteiger partial charge in [-0.2, -0.15) is 11.3 Å². The number of rotatable bonds is 5. The van der Waals surface area contributed by atoms with Gasteiger partial charge in [-0.1, -0.05) is 12.1 Å². The highest BCUT2D eigenvalue weighted by molar-refractivity contribution is 7.07. The van der Waals surface area contributed by atoms with Gasteiger partial charge in [0, 0.05) is 12.2 Å². The fourth-order valence-electron chi connectivity index (χ4n) is 1.68. The number of anilines is 1.